The van der Waals surface area contributed by atoms with Gasteiger partial charge in [0.25, 0.3) is 0 Å². The summed E-state index contributed by atoms with van der Waals surface area (Å²) in [6, 6.07) is 25.5. The first-order valence-electron chi connectivity index (χ1n) is 15.3. The van der Waals surface area contributed by atoms with Gasteiger partial charge in [0.05, 0.1) is 12.2 Å². The Morgan fingerprint density at radius 3 is 2.39 bits per heavy atom. The lowest BCUT2D eigenvalue weighted by atomic mass is 9.94. The molecule has 0 amide bonds. The third-order valence-corrected chi connectivity index (χ3v) is 8.82. The van der Waals surface area contributed by atoms with Gasteiger partial charge in [-0.25, -0.2) is 9.48 Å². The average molecular weight is 611 g/mol. The van der Waals surface area contributed by atoms with Gasteiger partial charge >= 0.3 is 5.97 Å². The van der Waals surface area contributed by atoms with Crippen LogP contribution in [0.15, 0.2) is 95.3 Å². The quantitative estimate of drug-likeness (QED) is 0.136. The summed E-state index contributed by atoms with van der Waals surface area (Å²) in [6.07, 6.45) is 5.06. The maximum Gasteiger partial charge on any atom is 0.338 e. The lowest BCUT2D eigenvalue weighted by molar-refractivity contribution is -0.146. The smallest absolute Gasteiger partial charge is 0.338 e. The van der Waals surface area contributed by atoms with Crippen molar-refractivity contribution in [2.24, 2.45) is 0 Å². The first-order chi connectivity index (χ1) is 21.6. The monoisotopic (exact) mass is 610 g/mol. The van der Waals surface area contributed by atoms with Gasteiger partial charge in [-0.2, -0.15) is 4.98 Å². The SMILES string of the molecule is CCOc1cc(C2C(C(=O)OC3CCCCC3)=C(C)Nc3nc(SCc4ccccc4)nn32)ccc1OCc1ccccc1. The molecule has 1 aliphatic heterocycles. The van der Waals surface area contributed by atoms with Crippen LogP contribution in [0, 0.1) is 0 Å². The Kier molecular flexibility index (Phi) is 9.51. The molecule has 4 aromatic rings. The van der Waals surface area contributed by atoms with Gasteiger partial charge in [0.2, 0.25) is 11.1 Å². The number of rotatable bonds is 11. The van der Waals surface area contributed by atoms with Gasteiger partial charge in [-0.15, -0.1) is 5.10 Å². The summed E-state index contributed by atoms with van der Waals surface area (Å²) in [5.41, 5.74) is 4.32. The van der Waals surface area contributed by atoms with Crippen molar-refractivity contribution in [1.82, 2.24) is 14.8 Å². The van der Waals surface area contributed by atoms with Crippen LogP contribution in [0.1, 0.15) is 68.7 Å². The number of allylic oxidation sites excluding steroid dienone is 1. The van der Waals surface area contributed by atoms with Crippen molar-refractivity contribution < 1.29 is 19.0 Å². The summed E-state index contributed by atoms with van der Waals surface area (Å²) in [4.78, 5) is 18.7. The number of carbonyl (C=O) groups is 1. The Balaban J connectivity index is 1.33. The number of carbonyl (C=O) groups excluding carboxylic acids is 1. The van der Waals surface area contributed by atoms with Crippen LogP contribution >= 0.6 is 11.8 Å². The van der Waals surface area contributed by atoms with Gasteiger partial charge in [0.1, 0.15) is 18.8 Å². The fourth-order valence-electron chi connectivity index (χ4n) is 5.70. The number of fused-ring (bicyclic) bond motifs is 1. The van der Waals surface area contributed by atoms with E-state index in [1.165, 1.54) is 12.0 Å². The molecule has 1 atom stereocenters. The number of benzene rings is 3. The standard InChI is InChI=1S/C35H38N4O4S/c1-3-41-30-21-27(19-20-29(30)42-22-25-13-7-4-8-14-25)32-31(33(40)43-28-17-11-6-12-18-28)24(2)36-34-37-35(38-39(32)34)44-23-26-15-9-5-10-16-26/h4-5,7-10,13-16,19-21,28,32H,3,6,11-12,17-18,22-23H2,1-2H3,(H,36,37,38). The van der Waals surface area contributed by atoms with E-state index in [1.807, 2.05) is 80.6 Å². The highest BCUT2D eigenvalue weighted by Gasteiger charge is 2.37. The first-order valence-corrected chi connectivity index (χ1v) is 16.3. The van der Waals surface area contributed by atoms with Gasteiger partial charge in [-0.1, -0.05) is 84.9 Å². The number of thioether (sulfide) groups is 1. The number of anilines is 1. The summed E-state index contributed by atoms with van der Waals surface area (Å²) in [6.45, 7) is 4.74. The second-order valence-corrected chi connectivity index (χ2v) is 12.0. The highest BCUT2D eigenvalue weighted by atomic mass is 32.2. The van der Waals surface area contributed by atoms with Gasteiger partial charge in [-0.05, 0) is 68.4 Å². The maximum atomic E-state index is 13.9. The lowest BCUT2D eigenvalue weighted by Gasteiger charge is -2.30. The molecule has 0 bridgehead atoms. The summed E-state index contributed by atoms with van der Waals surface area (Å²) >= 11 is 1.56. The first kappa shape index (κ1) is 29.8. The maximum absolute atomic E-state index is 13.9. The van der Waals surface area contributed by atoms with E-state index in [-0.39, 0.29) is 12.1 Å². The van der Waals surface area contributed by atoms with E-state index in [2.05, 4.69) is 17.4 Å². The molecule has 0 saturated heterocycles. The molecule has 8 nitrogen and oxygen atoms in total. The van der Waals surface area contributed by atoms with E-state index >= 15 is 0 Å². The zero-order valence-corrected chi connectivity index (χ0v) is 26.0. The minimum absolute atomic E-state index is 0.0703. The third kappa shape index (κ3) is 6.94. The molecule has 6 rings (SSSR count). The third-order valence-electron chi connectivity index (χ3n) is 7.91. The van der Waals surface area contributed by atoms with Crippen LogP contribution in [0.4, 0.5) is 5.95 Å². The summed E-state index contributed by atoms with van der Waals surface area (Å²) in [5, 5.41) is 8.87. The number of esters is 1. The van der Waals surface area contributed by atoms with E-state index in [0.717, 1.165) is 42.6 Å². The number of hydrogen-bond acceptors (Lipinski definition) is 8. The van der Waals surface area contributed by atoms with Crippen LogP contribution in [0.25, 0.3) is 0 Å². The molecule has 1 N–H and O–H groups in total. The minimum atomic E-state index is -0.553. The highest BCUT2D eigenvalue weighted by Crippen LogP contribution is 2.41. The molecule has 1 unspecified atom stereocenters. The van der Waals surface area contributed by atoms with Crippen molar-refractivity contribution in [2.45, 2.75) is 75.6 Å². The van der Waals surface area contributed by atoms with E-state index in [1.54, 1.807) is 16.4 Å². The molecule has 3 aromatic carbocycles. The van der Waals surface area contributed by atoms with Crippen molar-refractivity contribution in [2.75, 3.05) is 11.9 Å². The van der Waals surface area contributed by atoms with Gasteiger partial charge in [0, 0.05) is 11.4 Å². The van der Waals surface area contributed by atoms with E-state index in [4.69, 9.17) is 24.3 Å². The molecule has 1 fully saturated rings. The van der Waals surface area contributed by atoms with Crippen LogP contribution in [-0.4, -0.2) is 33.4 Å². The van der Waals surface area contributed by atoms with Gasteiger partial charge in [-0.3, -0.25) is 0 Å². The molecule has 9 heteroatoms. The van der Waals surface area contributed by atoms with Crippen LogP contribution in [-0.2, 0) is 21.9 Å². The molecule has 44 heavy (non-hydrogen) atoms. The zero-order chi connectivity index (χ0) is 30.3. The molecule has 228 valence electrons. The van der Waals surface area contributed by atoms with Gasteiger partial charge < -0.3 is 19.5 Å². The van der Waals surface area contributed by atoms with Crippen molar-refractivity contribution in [3.05, 3.63) is 107 Å². The van der Waals surface area contributed by atoms with Crippen LogP contribution in [0.3, 0.4) is 0 Å². The fraction of sp³-hybridized carbons (Fsp3) is 0.343. The Labute approximate surface area is 262 Å². The Hall–Kier alpha value is -4.24. The van der Waals surface area contributed by atoms with E-state index in [9.17, 15) is 4.79 Å². The summed E-state index contributed by atoms with van der Waals surface area (Å²) < 4.78 is 20.2. The van der Waals surface area contributed by atoms with Gasteiger partial charge in [0.15, 0.2) is 11.5 Å². The molecule has 1 saturated carbocycles. The van der Waals surface area contributed by atoms with Crippen LogP contribution in [0.5, 0.6) is 11.5 Å². The molecule has 1 aliphatic carbocycles. The molecular formula is C35H38N4O4S. The van der Waals surface area contributed by atoms with Crippen molar-refractivity contribution >= 4 is 23.7 Å². The zero-order valence-electron chi connectivity index (χ0n) is 25.2. The van der Waals surface area contributed by atoms with E-state index < -0.39 is 6.04 Å². The highest BCUT2D eigenvalue weighted by molar-refractivity contribution is 7.98. The predicted octanol–water partition coefficient (Wildman–Crippen LogP) is 7.71. The second-order valence-electron chi connectivity index (χ2n) is 11.1. The number of hydrogen-bond donors (Lipinski definition) is 1. The summed E-state index contributed by atoms with van der Waals surface area (Å²) in [7, 11) is 0. The normalized spacial score (nSPS) is 16.6. The second kappa shape index (κ2) is 14.0. The van der Waals surface area contributed by atoms with Crippen LogP contribution in [0.2, 0.25) is 0 Å². The van der Waals surface area contributed by atoms with Crippen molar-refractivity contribution in [1.29, 1.82) is 0 Å². The Bertz CT molecular complexity index is 1600. The van der Waals surface area contributed by atoms with Crippen molar-refractivity contribution in [3.8, 4) is 11.5 Å². The topological polar surface area (TPSA) is 87.5 Å². The molecular weight excluding hydrogens is 572 g/mol. The summed E-state index contributed by atoms with van der Waals surface area (Å²) in [5.74, 6) is 2.24. The minimum Gasteiger partial charge on any atom is -0.490 e. The predicted molar refractivity (Wildman–Crippen MR) is 172 cm³/mol. The largest absolute Gasteiger partial charge is 0.490 e. The molecule has 1 aromatic heterocycles. The number of aromatic nitrogens is 3. The number of ether oxygens (including phenoxy) is 3. The fourth-order valence-corrected chi connectivity index (χ4v) is 6.49. The van der Waals surface area contributed by atoms with Crippen LogP contribution < -0.4 is 14.8 Å². The Morgan fingerprint density at radius 2 is 1.66 bits per heavy atom. The molecule has 2 heterocycles. The molecule has 0 spiro atoms. The molecule has 2 aliphatic rings. The lowest BCUT2D eigenvalue weighted by Crippen LogP contribution is -2.32. The van der Waals surface area contributed by atoms with E-state index in [0.29, 0.717) is 47.1 Å². The number of nitrogens with zero attached hydrogens (tertiary/aromatic N) is 3. The Morgan fingerprint density at radius 1 is 0.932 bits per heavy atom. The number of nitrogens with one attached hydrogen (secondary N) is 1. The van der Waals surface area contributed by atoms with Crippen molar-refractivity contribution in [3.63, 3.8) is 0 Å². The molecule has 0 radical (unpaired) electrons. The average Bonchev–Trinajstić information content (AvgIpc) is 3.46.